The van der Waals surface area contributed by atoms with Crippen molar-refractivity contribution in [3.63, 3.8) is 0 Å². The lowest BCUT2D eigenvalue weighted by atomic mass is 9.83. The summed E-state index contributed by atoms with van der Waals surface area (Å²) in [7, 11) is -4.49. The number of benzene rings is 2. The molecule has 120 valence electrons. The number of carbonyl (C=O) groups excluding carboxylic acids is 2. The van der Waals surface area contributed by atoms with Crippen LogP contribution in [0, 0.1) is 0 Å². The maximum atomic E-state index is 12.0. The van der Waals surface area contributed by atoms with Crippen LogP contribution in [-0.2, 0) is 20.3 Å². The van der Waals surface area contributed by atoms with E-state index in [1.807, 2.05) is 20.8 Å². The molecule has 0 atom stereocenters. The molecule has 23 heavy (non-hydrogen) atoms. The van der Waals surface area contributed by atoms with E-state index < -0.39 is 27.0 Å². The highest BCUT2D eigenvalue weighted by Gasteiger charge is 2.31. The molecule has 0 bridgehead atoms. The Balaban J connectivity index is 2.50. The van der Waals surface area contributed by atoms with Crippen LogP contribution in [0.15, 0.2) is 29.2 Å². The summed E-state index contributed by atoms with van der Waals surface area (Å²) in [6.07, 6.45) is 0. The van der Waals surface area contributed by atoms with Crippen LogP contribution >= 0.6 is 0 Å². The molecule has 3 rings (SSSR count). The number of esters is 2. The van der Waals surface area contributed by atoms with Crippen molar-refractivity contribution in [2.75, 3.05) is 0 Å². The van der Waals surface area contributed by atoms with Crippen LogP contribution in [0.3, 0.4) is 0 Å². The molecule has 0 spiro atoms. The van der Waals surface area contributed by atoms with Gasteiger partial charge in [-0.1, -0.05) is 26.8 Å². The average Bonchev–Trinajstić information content (AvgIpc) is 2.41. The standard InChI is InChI=1S/C16H14O6S/c1-16(2,3)9-4-8-5-10(23(19,20)21)7-12-13(8)11(6-9)14(17)22-15(12)18/h4-7H,1-3H3,(H,19,20,21). The third-order valence-corrected chi connectivity index (χ3v) is 4.64. The molecule has 1 aliphatic heterocycles. The van der Waals surface area contributed by atoms with E-state index >= 15 is 0 Å². The molecular formula is C16H14O6S. The van der Waals surface area contributed by atoms with E-state index in [0.29, 0.717) is 10.8 Å². The van der Waals surface area contributed by atoms with Crippen LogP contribution in [0.25, 0.3) is 10.8 Å². The van der Waals surface area contributed by atoms with Gasteiger partial charge in [0.05, 0.1) is 16.0 Å². The van der Waals surface area contributed by atoms with Gasteiger partial charge in [0.15, 0.2) is 0 Å². The van der Waals surface area contributed by atoms with Gasteiger partial charge in [-0.25, -0.2) is 9.59 Å². The second kappa shape index (κ2) is 4.62. The summed E-state index contributed by atoms with van der Waals surface area (Å²) in [5.74, 6) is -1.69. The fraction of sp³-hybridized carbons (Fsp3) is 0.250. The van der Waals surface area contributed by atoms with Crippen molar-refractivity contribution in [2.24, 2.45) is 0 Å². The molecule has 1 N–H and O–H groups in total. The van der Waals surface area contributed by atoms with E-state index in [2.05, 4.69) is 4.74 Å². The molecule has 2 aromatic rings. The fourth-order valence-electron chi connectivity index (χ4n) is 2.59. The molecule has 0 saturated carbocycles. The van der Waals surface area contributed by atoms with Crippen LogP contribution in [0.2, 0.25) is 0 Å². The van der Waals surface area contributed by atoms with Gasteiger partial charge in [0.1, 0.15) is 0 Å². The summed E-state index contributed by atoms with van der Waals surface area (Å²) in [6.45, 7) is 5.81. The van der Waals surface area contributed by atoms with Gasteiger partial charge in [0.25, 0.3) is 10.1 Å². The van der Waals surface area contributed by atoms with Crippen molar-refractivity contribution in [3.8, 4) is 0 Å². The van der Waals surface area contributed by atoms with Crippen molar-refractivity contribution >= 4 is 32.8 Å². The Morgan fingerprint density at radius 1 is 0.957 bits per heavy atom. The van der Waals surface area contributed by atoms with E-state index in [9.17, 15) is 22.6 Å². The maximum absolute atomic E-state index is 12.0. The summed E-state index contributed by atoms with van der Waals surface area (Å²) < 4.78 is 36.8. The highest BCUT2D eigenvalue weighted by atomic mass is 32.2. The van der Waals surface area contributed by atoms with Gasteiger partial charge in [-0.3, -0.25) is 4.55 Å². The lowest BCUT2D eigenvalue weighted by Crippen LogP contribution is -2.22. The summed E-state index contributed by atoms with van der Waals surface area (Å²) in [6, 6.07) is 5.63. The third-order valence-electron chi connectivity index (χ3n) is 3.81. The second-order valence-corrected chi connectivity index (χ2v) is 7.92. The van der Waals surface area contributed by atoms with Gasteiger partial charge in [0.2, 0.25) is 0 Å². The molecular weight excluding hydrogens is 320 g/mol. The molecule has 7 heteroatoms. The normalized spacial score (nSPS) is 15.0. The molecule has 0 fully saturated rings. The summed E-state index contributed by atoms with van der Waals surface area (Å²) in [5, 5.41) is 0.731. The zero-order valence-electron chi connectivity index (χ0n) is 12.7. The van der Waals surface area contributed by atoms with Crippen molar-refractivity contribution in [2.45, 2.75) is 31.1 Å². The third kappa shape index (κ3) is 2.51. The van der Waals surface area contributed by atoms with E-state index in [-0.39, 0.29) is 16.5 Å². The van der Waals surface area contributed by atoms with Gasteiger partial charge < -0.3 is 4.74 Å². The summed E-state index contributed by atoms with van der Waals surface area (Å²) in [4.78, 5) is 23.5. The average molecular weight is 334 g/mol. The molecule has 0 aliphatic carbocycles. The van der Waals surface area contributed by atoms with E-state index in [0.717, 1.165) is 11.6 Å². The first kappa shape index (κ1) is 15.6. The van der Waals surface area contributed by atoms with Crippen molar-refractivity contribution in [3.05, 3.63) is 41.0 Å². The predicted octanol–water partition coefficient (Wildman–Crippen LogP) is 2.69. The minimum absolute atomic E-state index is 0.0508. The summed E-state index contributed by atoms with van der Waals surface area (Å²) >= 11 is 0. The summed E-state index contributed by atoms with van der Waals surface area (Å²) in [5.41, 5.74) is 0.638. The zero-order valence-corrected chi connectivity index (χ0v) is 13.5. The largest absolute Gasteiger partial charge is 0.386 e. The van der Waals surface area contributed by atoms with E-state index in [1.54, 1.807) is 12.1 Å². The molecule has 0 saturated heterocycles. The molecule has 0 aromatic heterocycles. The molecule has 2 aromatic carbocycles. The second-order valence-electron chi connectivity index (χ2n) is 6.49. The van der Waals surface area contributed by atoms with Crippen LogP contribution in [0.5, 0.6) is 0 Å². The smallest absolute Gasteiger partial charge is 0.346 e. The SMILES string of the molecule is CC(C)(C)c1cc2c3c(cc(S(=O)(=O)O)cc3c1)C(=O)OC2=O. The van der Waals surface area contributed by atoms with Gasteiger partial charge in [-0.05, 0) is 34.6 Å². The Kier molecular flexibility index (Phi) is 3.14. The maximum Gasteiger partial charge on any atom is 0.346 e. The van der Waals surface area contributed by atoms with Crippen LogP contribution in [0.4, 0.5) is 0 Å². The van der Waals surface area contributed by atoms with Gasteiger partial charge >= 0.3 is 11.9 Å². The molecule has 0 radical (unpaired) electrons. The first-order valence-corrected chi connectivity index (χ1v) is 8.29. The van der Waals surface area contributed by atoms with Crippen LogP contribution < -0.4 is 0 Å². The molecule has 1 heterocycles. The van der Waals surface area contributed by atoms with Gasteiger partial charge in [-0.15, -0.1) is 0 Å². The Hall–Kier alpha value is -2.25. The first-order chi connectivity index (χ1) is 10.5. The van der Waals surface area contributed by atoms with E-state index in [4.69, 9.17) is 0 Å². The van der Waals surface area contributed by atoms with Gasteiger partial charge in [-0.2, -0.15) is 8.42 Å². The minimum Gasteiger partial charge on any atom is -0.386 e. The number of ether oxygens (including phenoxy) is 1. The Labute approximate surface area is 132 Å². The van der Waals surface area contributed by atoms with Crippen molar-refractivity contribution in [1.82, 2.24) is 0 Å². The first-order valence-electron chi connectivity index (χ1n) is 6.85. The number of cyclic esters (lactones) is 2. The van der Waals surface area contributed by atoms with Gasteiger partial charge in [0, 0.05) is 5.39 Å². The van der Waals surface area contributed by atoms with E-state index in [1.165, 1.54) is 6.07 Å². The number of hydrogen-bond acceptors (Lipinski definition) is 5. The molecule has 1 aliphatic rings. The Morgan fingerprint density at radius 2 is 1.52 bits per heavy atom. The Bertz CT molecular complexity index is 980. The molecule has 6 nitrogen and oxygen atoms in total. The Morgan fingerprint density at radius 3 is 2.04 bits per heavy atom. The zero-order chi connectivity index (χ0) is 17.2. The number of rotatable bonds is 1. The van der Waals surface area contributed by atoms with Crippen LogP contribution in [0.1, 0.15) is 47.1 Å². The predicted molar refractivity (Wildman–Crippen MR) is 82.2 cm³/mol. The lowest BCUT2D eigenvalue weighted by Gasteiger charge is -2.23. The van der Waals surface area contributed by atoms with Crippen LogP contribution in [-0.4, -0.2) is 24.9 Å². The molecule has 0 amide bonds. The number of hydrogen-bond donors (Lipinski definition) is 1. The fourth-order valence-corrected chi connectivity index (χ4v) is 3.13. The quantitative estimate of drug-likeness (QED) is 0.489. The highest BCUT2D eigenvalue weighted by Crippen LogP contribution is 2.35. The lowest BCUT2D eigenvalue weighted by molar-refractivity contribution is 0.0391. The van der Waals surface area contributed by atoms with Crippen molar-refractivity contribution < 1.29 is 27.3 Å². The topological polar surface area (TPSA) is 97.7 Å². The monoisotopic (exact) mass is 334 g/mol. The minimum atomic E-state index is -4.49. The number of carbonyl (C=O) groups is 2. The van der Waals surface area contributed by atoms with Crippen molar-refractivity contribution in [1.29, 1.82) is 0 Å². The molecule has 0 unspecified atom stereocenters. The highest BCUT2D eigenvalue weighted by molar-refractivity contribution is 7.85.